The number of hydrogen-bond donors (Lipinski definition) is 1. The molecule has 0 aliphatic rings. The maximum absolute atomic E-state index is 6.12. The monoisotopic (exact) mass is 255 g/mol. The molecule has 0 unspecified atom stereocenters. The van der Waals surface area contributed by atoms with Crippen molar-refractivity contribution in [3.8, 4) is 5.75 Å². The lowest BCUT2D eigenvalue weighted by Crippen LogP contribution is -2.01. The Bertz CT molecular complexity index is 549. The second kappa shape index (κ2) is 4.67. The standard InChI is InChI=1S/C10H10ClN3OS/c1-15-9-4-2-3-8(11)7(9)5-14-6-12-13-10(14)16/h2-4,6H,5H2,1H3,(H,13,16). The van der Waals surface area contributed by atoms with Gasteiger partial charge in [0.15, 0.2) is 4.77 Å². The summed E-state index contributed by atoms with van der Waals surface area (Å²) in [5.41, 5.74) is 0.893. The summed E-state index contributed by atoms with van der Waals surface area (Å²) in [5, 5.41) is 7.20. The molecular formula is C10H10ClN3OS. The third-order valence-electron chi connectivity index (χ3n) is 2.24. The maximum Gasteiger partial charge on any atom is 0.195 e. The highest BCUT2D eigenvalue weighted by atomic mass is 35.5. The van der Waals surface area contributed by atoms with Gasteiger partial charge in [0.05, 0.1) is 13.7 Å². The lowest BCUT2D eigenvalue weighted by Gasteiger charge is -2.10. The Kier molecular flexibility index (Phi) is 3.26. The van der Waals surface area contributed by atoms with Crippen molar-refractivity contribution in [2.75, 3.05) is 7.11 Å². The summed E-state index contributed by atoms with van der Waals surface area (Å²) in [5.74, 6) is 0.746. The summed E-state index contributed by atoms with van der Waals surface area (Å²) in [7, 11) is 1.61. The van der Waals surface area contributed by atoms with Gasteiger partial charge in [-0.3, -0.25) is 5.10 Å². The van der Waals surface area contributed by atoms with E-state index in [1.807, 2.05) is 18.2 Å². The second-order valence-electron chi connectivity index (χ2n) is 3.21. The average Bonchev–Trinajstić information content (AvgIpc) is 2.67. The molecule has 0 saturated carbocycles. The van der Waals surface area contributed by atoms with E-state index in [2.05, 4.69) is 10.2 Å². The van der Waals surface area contributed by atoms with Crippen molar-refractivity contribution in [3.05, 3.63) is 39.9 Å². The van der Waals surface area contributed by atoms with Crippen LogP contribution in [0.25, 0.3) is 0 Å². The van der Waals surface area contributed by atoms with Crippen LogP contribution >= 0.6 is 23.8 Å². The summed E-state index contributed by atoms with van der Waals surface area (Å²) >= 11 is 11.2. The van der Waals surface area contributed by atoms with Crippen molar-refractivity contribution in [1.29, 1.82) is 0 Å². The van der Waals surface area contributed by atoms with Crippen molar-refractivity contribution in [3.63, 3.8) is 0 Å². The molecule has 0 spiro atoms. The predicted octanol–water partition coefficient (Wildman–Crippen LogP) is 2.65. The number of methoxy groups -OCH3 is 1. The minimum absolute atomic E-state index is 0.540. The van der Waals surface area contributed by atoms with Crippen LogP contribution in [0.3, 0.4) is 0 Å². The molecule has 0 radical (unpaired) electrons. The van der Waals surface area contributed by atoms with Crippen LogP contribution in [0, 0.1) is 4.77 Å². The first-order valence-electron chi connectivity index (χ1n) is 4.63. The minimum atomic E-state index is 0.540. The van der Waals surface area contributed by atoms with Gasteiger partial charge in [-0.25, -0.2) is 0 Å². The van der Waals surface area contributed by atoms with Crippen molar-refractivity contribution >= 4 is 23.8 Å². The Morgan fingerprint density at radius 2 is 2.38 bits per heavy atom. The van der Waals surface area contributed by atoms with Crippen LogP contribution in [0.1, 0.15) is 5.56 Å². The number of ether oxygens (including phenoxy) is 1. The molecule has 0 aliphatic heterocycles. The lowest BCUT2D eigenvalue weighted by molar-refractivity contribution is 0.408. The summed E-state index contributed by atoms with van der Waals surface area (Å²) in [4.78, 5) is 0. The van der Waals surface area contributed by atoms with Gasteiger partial charge in [0.25, 0.3) is 0 Å². The van der Waals surface area contributed by atoms with Crippen molar-refractivity contribution in [1.82, 2.24) is 14.8 Å². The largest absolute Gasteiger partial charge is 0.496 e. The predicted molar refractivity (Wildman–Crippen MR) is 64.5 cm³/mol. The van der Waals surface area contributed by atoms with Gasteiger partial charge in [0, 0.05) is 10.6 Å². The van der Waals surface area contributed by atoms with Crippen LogP contribution in [0.2, 0.25) is 5.02 Å². The molecule has 2 aromatic rings. The average molecular weight is 256 g/mol. The van der Waals surface area contributed by atoms with E-state index in [0.29, 0.717) is 16.3 Å². The van der Waals surface area contributed by atoms with Crippen molar-refractivity contribution < 1.29 is 4.74 Å². The van der Waals surface area contributed by atoms with Gasteiger partial charge in [-0.2, -0.15) is 5.10 Å². The van der Waals surface area contributed by atoms with E-state index in [4.69, 9.17) is 28.6 Å². The fourth-order valence-electron chi connectivity index (χ4n) is 1.44. The molecule has 1 aromatic carbocycles. The SMILES string of the molecule is COc1cccc(Cl)c1Cn1cn[nH]c1=S. The third kappa shape index (κ3) is 2.10. The molecule has 84 valence electrons. The molecular weight excluding hydrogens is 246 g/mol. The summed E-state index contributed by atoms with van der Waals surface area (Å²) < 4.78 is 7.60. The van der Waals surface area contributed by atoms with Crippen LogP contribution in [0.4, 0.5) is 0 Å². The third-order valence-corrected chi connectivity index (χ3v) is 2.92. The van der Waals surface area contributed by atoms with Gasteiger partial charge in [-0.05, 0) is 24.4 Å². The molecule has 0 aliphatic carbocycles. The van der Waals surface area contributed by atoms with Crippen LogP contribution in [-0.4, -0.2) is 21.9 Å². The van der Waals surface area contributed by atoms with E-state index in [1.165, 1.54) is 0 Å². The van der Waals surface area contributed by atoms with E-state index in [9.17, 15) is 0 Å². The smallest absolute Gasteiger partial charge is 0.195 e. The molecule has 2 rings (SSSR count). The lowest BCUT2D eigenvalue weighted by atomic mass is 10.2. The highest BCUT2D eigenvalue weighted by molar-refractivity contribution is 7.71. The van der Waals surface area contributed by atoms with E-state index < -0.39 is 0 Å². The molecule has 0 bridgehead atoms. The number of aromatic nitrogens is 3. The first-order valence-corrected chi connectivity index (χ1v) is 5.42. The minimum Gasteiger partial charge on any atom is -0.496 e. The first kappa shape index (κ1) is 11.2. The molecule has 1 heterocycles. The zero-order chi connectivity index (χ0) is 11.5. The van der Waals surface area contributed by atoms with Gasteiger partial charge < -0.3 is 9.30 Å². The second-order valence-corrected chi connectivity index (χ2v) is 4.00. The summed E-state index contributed by atoms with van der Waals surface area (Å²) in [6.07, 6.45) is 1.63. The first-order chi connectivity index (χ1) is 7.72. The zero-order valence-corrected chi connectivity index (χ0v) is 10.2. The fraction of sp³-hybridized carbons (Fsp3) is 0.200. The topological polar surface area (TPSA) is 42.8 Å². The summed E-state index contributed by atoms with van der Waals surface area (Å²) in [6.45, 7) is 0.540. The number of rotatable bonds is 3. The van der Waals surface area contributed by atoms with Crippen LogP contribution in [0.15, 0.2) is 24.5 Å². The molecule has 0 saturated heterocycles. The highest BCUT2D eigenvalue weighted by Gasteiger charge is 2.08. The van der Waals surface area contributed by atoms with Gasteiger partial charge in [0.2, 0.25) is 0 Å². The number of benzene rings is 1. The van der Waals surface area contributed by atoms with E-state index in [1.54, 1.807) is 18.0 Å². The number of nitrogens with zero attached hydrogens (tertiary/aromatic N) is 2. The fourth-order valence-corrected chi connectivity index (χ4v) is 1.83. The number of nitrogens with one attached hydrogen (secondary N) is 1. The summed E-state index contributed by atoms with van der Waals surface area (Å²) in [6, 6.07) is 5.54. The Balaban J connectivity index is 2.41. The molecule has 0 fully saturated rings. The van der Waals surface area contributed by atoms with E-state index >= 15 is 0 Å². The number of hydrogen-bond acceptors (Lipinski definition) is 3. The zero-order valence-electron chi connectivity index (χ0n) is 8.61. The Labute approximate surface area is 103 Å². The molecule has 0 atom stereocenters. The van der Waals surface area contributed by atoms with Crippen LogP contribution in [-0.2, 0) is 6.54 Å². The van der Waals surface area contributed by atoms with Crippen LogP contribution in [0.5, 0.6) is 5.75 Å². The number of H-pyrrole nitrogens is 1. The molecule has 4 nitrogen and oxygen atoms in total. The number of halogens is 1. The molecule has 6 heteroatoms. The van der Waals surface area contributed by atoms with Gasteiger partial charge >= 0.3 is 0 Å². The van der Waals surface area contributed by atoms with Gasteiger partial charge in [-0.15, -0.1) is 0 Å². The van der Waals surface area contributed by atoms with Crippen molar-refractivity contribution in [2.24, 2.45) is 0 Å². The van der Waals surface area contributed by atoms with Gasteiger partial charge in [0.1, 0.15) is 12.1 Å². The normalized spacial score (nSPS) is 10.4. The van der Waals surface area contributed by atoms with E-state index in [0.717, 1.165) is 11.3 Å². The van der Waals surface area contributed by atoms with E-state index in [-0.39, 0.29) is 0 Å². The molecule has 16 heavy (non-hydrogen) atoms. The molecule has 1 N–H and O–H groups in total. The molecule has 1 aromatic heterocycles. The molecule has 0 amide bonds. The maximum atomic E-state index is 6.12. The Morgan fingerprint density at radius 1 is 1.56 bits per heavy atom. The Hall–Kier alpha value is -1.33. The van der Waals surface area contributed by atoms with Gasteiger partial charge in [-0.1, -0.05) is 17.7 Å². The number of aromatic amines is 1. The highest BCUT2D eigenvalue weighted by Crippen LogP contribution is 2.26. The Morgan fingerprint density at radius 3 is 3.00 bits per heavy atom. The quantitative estimate of drug-likeness (QED) is 0.858. The van der Waals surface area contributed by atoms with Crippen molar-refractivity contribution in [2.45, 2.75) is 6.54 Å². The van der Waals surface area contributed by atoms with Crippen LogP contribution < -0.4 is 4.74 Å².